The number of nitrogens with one attached hydrogen (secondary N) is 1. The monoisotopic (exact) mass is 230 g/mol. The molecule has 0 bridgehead atoms. The maximum Gasteiger partial charge on any atom is 0.0665 e. The van der Waals surface area contributed by atoms with Crippen molar-refractivity contribution in [1.82, 2.24) is 5.43 Å². The molecule has 14 heavy (non-hydrogen) atoms. The molecule has 4 heteroatoms. The topological polar surface area (TPSA) is 38.0 Å². The van der Waals surface area contributed by atoms with Gasteiger partial charge in [-0.3, -0.25) is 5.84 Å². The highest BCUT2D eigenvalue weighted by atomic mass is 35.5. The Bertz CT molecular complexity index is 330. The van der Waals surface area contributed by atoms with E-state index in [1.807, 2.05) is 19.1 Å². The van der Waals surface area contributed by atoms with Gasteiger partial charge in [0.25, 0.3) is 0 Å². The molecule has 0 aliphatic rings. The predicted octanol–water partition coefficient (Wildman–Crippen LogP) is 3.07. The van der Waals surface area contributed by atoms with Gasteiger partial charge in [-0.1, -0.05) is 35.4 Å². The van der Waals surface area contributed by atoms with Crippen molar-refractivity contribution in [2.24, 2.45) is 5.84 Å². The van der Waals surface area contributed by atoms with Gasteiger partial charge in [0.1, 0.15) is 0 Å². The second-order valence-corrected chi connectivity index (χ2v) is 4.02. The maximum atomic E-state index is 5.87. The van der Waals surface area contributed by atoms with Crippen LogP contribution in [0.15, 0.2) is 30.4 Å². The van der Waals surface area contributed by atoms with Crippen molar-refractivity contribution in [3.8, 4) is 0 Å². The molecule has 0 amide bonds. The van der Waals surface area contributed by atoms with Crippen LogP contribution in [0.1, 0.15) is 18.5 Å². The van der Waals surface area contributed by atoms with E-state index in [0.717, 1.165) is 11.1 Å². The summed E-state index contributed by atoms with van der Waals surface area (Å²) in [6.45, 7) is 5.72. The molecule has 0 radical (unpaired) electrons. The van der Waals surface area contributed by atoms with Crippen molar-refractivity contribution in [3.05, 3.63) is 46.0 Å². The molecule has 1 aromatic rings. The van der Waals surface area contributed by atoms with Crippen molar-refractivity contribution >= 4 is 23.2 Å². The molecular weight excluding hydrogens is 219 g/mol. The van der Waals surface area contributed by atoms with E-state index >= 15 is 0 Å². The van der Waals surface area contributed by atoms with Gasteiger partial charge in [0.2, 0.25) is 0 Å². The van der Waals surface area contributed by atoms with Crippen LogP contribution < -0.4 is 11.3 Å². The van der Waals surface area contributed by atoms with Crippen LogP contribution in [0.25, 0.3) is 0 Å². The SMILES string of the molecule is C=C(C)C(NN)c1cc(Cl)cc(Cl)c1. The van der Waals surface area contributed by atoms with E-state index in [-0.39, 0.29) is 6.04 Å². The Morgan fingerprint density at radius 1 is 1.36 bits per heavy atom. The van der Waals surface area contributed by atoms with E-state index in [1.54, 1.807) is 6.07 Å². The van der Waals surface area contributed by atoms with Crippen molar-refractivity contribution < 1.29 is 0 Å². The molecule has 0 saturated carbocycles. The summed E-state index contributed by atoms with van der Waals surface area (Å²) in [4.78, 5) is 0. The van der Waals surface area contributed by atoms with E-state index in [2.05, 4.69) is 12.0 Å². The maximum absolute atomic E-state index is 5.87. The molecule has 0 saturated heterocycles. The average Bonchev–Trinajstić information content (AvgIpc) is 2.02. The summed E-state index contributed by atoms with van der Waals surface area (Å²) in [6, 6.07) is 5.18. The zero-order valence-electron chi connectivity index (χ0n) is 7.85. The lowest BCUT2D eigenvalue weighted by atomic mass is 10.0. The highest BCUT2D eigenvalue weighted by Crippen LogP contribution is 2.26. The molecule has 2 nitrogen and oxygen atoms in total. The molecule has 1 rings (SSSR count). The van der Waals surface area contributed by atoms with Crippen LogP contribution in [0.2, 0.25) is 10.0 Å². The van der Waals surface area contributed by atoms with Crippen LogP contribution in [0.3, 0.4) is 0 Å². The molecule has 0 aliphatic carbocycles. The quantitative estimate of drug-likeness (QED) is 0.476. The Labute approximate surface area is 93.7 Å². The molecule has 0 aliphatic heterocycles. The predicted molar refractivity (Wildman–Crippen MR) is 61.3 cm³/mol. The molecular formula is C10H12Cl2N2. The van der Waals surface area contributed by atoms with Gasteiger partial charge in [0.15, 0.2) is 0 Å². The zero-order chi connectivity index (χ0) is 10.7. The lowest BCUT2D eigenvalue weighted by molar-refractivity contribution is 0.627. The lowest BCUT2D eigenvalue weighted by Gasteiger charge is -2.16. The normalized spacial score (nSPS) is 12.6. The molecule has 1 unspecified atom stereocenters. The highest BCUT2D eigenvalue weighted by molar-refractivity contribution is 6.34. The van der Waals surface area contributed by atoms with Gasteiger partial charge in [0.05, 0.1) is 6.04 Å². The third-order valence-corrected chi connectivity index (χ3v) is 2.31. The van der Waals surface area contributed by atoms with E-state index in [9.17, 15) is 0 Å². The first-order valence-corrected chi connectivity index (χ1v) is 4.87. The van der Waals surface area contributed by atoms with Gasteiger partial charge in [0, 0.05) is 10.0 Å². The standard InChI is InChI=1S/C10H12Cl2N2/c1-6(2)10(14-13)7-3-8(11)5-9(12)4-7/h3-5,10,14H,1,13H2,2H3. The number of hydrogen-bond donors (Lipinski definition) is 2. The molecule has 0 fully saturated rings. The molecule has 0 heterocycles. The third kappa shape index (κ3) is 2.72. The molecule has 3 N–H and O–H groups in total. The number of hydrazine groups is 1. The summed E-state index contributed by atoms with van der Waals surface area (Å²) >= 11 is 11.7. The first-order chi connectivity index (χ1) is 6.54. The van der Waals surface area contributed by atoms with Gasteiger partial charge < -0.3 is 0 Å². The fourth-order valence-electron chi connectivity index (χ4n) is 1.26. The van der Waals surface area contributed by atoms with Gasteiger partial charge in [-0.05, 0) is 30.7 Å². The Balaban J connectivity index is 3.10. The van der Waals surface area contributed by atoms with Crippen LogP contribution in [-0.2, 0) is 0 Å². The van der Waals surface area contributed by atoms with Crippen LogP contribution >= 0.6 is 23.2 Å². The summed E-state index contributed by atoms with van der Waals surface area (Å²) in [5.41, 5.74) is 4.48. The summed E-state index contributed by atoms with van der Waals surface area (Å²) < 4.78 is 0. The van der Waals surface area contributed by atoms with Gasteiger partial charge in [-0.25, -0.2) is 5.43 Å². The Morgan fingerprint density at radius 2 is 1.86 bits per heavy atom. The zero-order valence-corrected chi connectivity index (χ0v) is 9.36. The van der Waals surface area contributed by atoms with Crippen molar-refractivity contribution in [3.63, 3.8) is 0 Å². The number of benzene rings is 1. The van der Waals surface area contributed by atoms with Crippen molar-refractivity contribution in [2.75, 3.05) is 0 Å². The minimum absolute atomic E-state index is 0.119. The smallest absolute Gasteiger partial charge is 0.0665 e. The number of hydrogen-bond acceptors (Lipinski definition) is 2. The molecule has 0 aromatic heterocycles. The van der Waals surface area contributed by atoms with Crippen molar-refractivity contribution in [1.29, 1.82) is 0 Å². The Kier molecular flexibility index (Phi) is 3.96. The summed E-state index contributed by atoms with van der Waals surface area (Å²) in [5.74, 6) is 5.41. The third-order valence-electron chi connectivity index (χ3n) is 1.88. The van der Waals surface area contributed by atoms with Gasteiger partial charge in [-0.15, -0.1) is 0 Å². The summed E-state index contributed by atoms with van der Waals surface area (Å²) in [6.07, 6.45) is 0. The van der Waals surface area contributed by atoms with Crippen LogP contribution in [-0.4, -0.2) is 0 Å². The number of nitrogens with two attached hydrogens (primary N) is 1. The summed E-state index contributed by atoms with van der Waals surface area (Å²) in [7, 11) is 0. The number of halogens is 2. The second-order valence-electron chi connectivity index (χ2n) is 3.15. The minimum atomic E-state index is -0.119. The van der Waals surface area contributed by atoms with E-state index in [1.165, 1.54) is 0 Å². The lowest BCUT2D eigenvalue weighted by Crippen LogP contribution is -2.28. The fourth-order valence-corrected chi connectivity index (χ4v) is 1.81. The second kappa shape index (κ2) is 4.80. The Morgan fingerprint density at radius 3 is 2.21 bits per heavy atom. The minimum Gasteiger partial charge on any atom is -0.271 e. The van der Waals surface area contributed by atoms with Crippen LogP contribution in [0, 0.1) is 0 Å². The molecule has 1 aromatic carbocycles. The van der Waals surface area contributed by atoms with E-state index in [0.29, 0.717) is 10.0 Å². The first kappa shape index (κ1) is 11.5. The van der Waals surface area contributed by atoms with Gasteiger partial charge in [-0.2, -0.15) is 0 Å². The fraction of sp³-hybridized carbons (Fsp3) is 0.200. The highest BCUT2D eigenvalue weighted by Gasteiger charge is 2.11. The van der Waals surface area contributed by atoms with E-state index in [4.69, 9.17) is 29.0 Å². The van der Waals surface area contributed by atoms with Gasteiger partial charge >= 0.3 is 0 Å². The summed E-state index contributed by atoms with van der Waals surface area (Å²) in [5, 5.41) is 1.18. The molecule has 0 spiro atoms. The Hall–Kier alpha value is -0.540. The van der Waals surface area contributed by atoms with E-state index < -0.39 is 0 Å². The first-order valence-electron chi connectivity index (χ1n) is 4.12. The number of rotatable bonds is 3. The van der Waals surface area contributed by atoms with Crippen molar-refractivity contribution in [2.45, 2.75) is 13.0 Å². The van der Waals surface area contributed by atoms with Crippen LogP contribution in [0.4, 0.5) is 0 Å². The largest absolute Gasteiger partial charge is 0.271 e. The average molecular weight is 231 g/mol. The van der Waals surface area contributed by atoms with Crippen LogP contribution in [0.5, 0.6) is 0 Å². The molecule has 1 atom stereocenters. The molecule has 76 valence electrons.